The minimum Gasteiger partial charge on any atom is -0.337 e. The Bertz CT molecular complexity index is 870. The number of hydrogen-bond donors (Lipinski definition) is 0. The topological polar surface area (TPSA) is 72.1 Å². The maximum Gasteiger partial charge on any atom is 0.249 e. The quantitative estimate of drug-likeness (QED) is 0.643. The molecule has 0 bridgehead atoms. The van der Waals surface area contributed by atoms with E-state index in [1.54, 1.807) is 18.0 Å². The lowest BCUT2D eigenvalue weighted by Gasteiger charge is -2.21. The fraction of sp³-hybridized carbons (Fsp3) is 0.263. The average molecular weight is 366 g/mol. The number of carbonyl (C=O) groups is 1. The van der Waals surface area contributed by atoms with E-state index in [9.17, 15) is 4.79 Å². The van der Waals surface area contributed by atoms with Crippen LogP contribution in [0, 0.1) is 0 Å². The molecule has 1 atom stereocenters. The van der Waals surface area contributed by atoms with Crippen LogP contribution in [0.4, 0.5) is 0 Å². The van der Waals surface area contributed by atoms with Crippen molar-refractivity contribution in [2.24, 2.45) is 0 Å². The lowest BCUT2D eigenvalue weighted by atomic mass is 10.2. The van der Waals surface area contributed by atoms with Gasteiger partial charge >= 0.3 is 0 Å². The van der Waals surface area contributed by atoms with Crippen LogP contribution in [-0.2, 0) is 4.79 Å². The summed E-state index contributed by atoms with van der Waals surface area (Å²) in [7, 11) is 0. The number of carbonyl (C=O) groups excluding carboxylic acids is 1. The van der Waals surface area contributed by atoms with E-state index >= 15 is 0 Å². The van der Waals surface area contributed by atoms with E-state index in [1.807, 2.05) is 53.4 Å². The Morgan fingerprint density at radius 2 is 2.04 bits per heavy atom. The summed E-state index contributed by atoms with van der Waals surface area (Å²) >= 11 is 1.55. The highest BCUT2D eigenvalue weighted by atomic mass is 32.2. The molecule has 2 aromatic heterocycles. The van der Waals surface area contributed by atoms with Crippen LogP contribution < -0.4 is 0 Å². The Labute approximate surface area is 155 Å². The summed E-state index contributed by atoms with van der Waals surface area (Å²) in [6.45, 7) is 0.722. The average Bonchev–Trinajstić information content (AvgIpc) is 3.37. The highest BCUT2D eigenvalue weighted by Gasteiger charge is 2.34. The zero-order chi connectivity index (χ0) is 17.8. The van der Waals surface area contributed by atoms with E-state index in [2.05, 4.69) is 15.1 Å². The minimum atomic E-state index is -0.149. The van der Waals surface area contributed by atoms with Crippen molar-refractivity contribution in [3.05, 3.63) is 60.6 Å². The van der Waals surface area contributed by atoms with E-state index in [-0.39, 0.29) is 11.9 Å². The molecule has 6 nitrogen and oxygen atoms in total. The fourth-order valence-electron chi connectivity index (χ4n) is 3.04. The van der Waals surface area contributed by atoms with Gasteiger partial charge in [-0.2, -0.15) is 4.98 Å². The van der Waals surface area contributed by atoms with Crippen LogP contribution in [0.5, 0.6) is 0 Å². The normalized spacial score (nSPS) is 16.8. The number of benzene rings is 1. The third-order valence-electron chi connectivity index (χ3n) is 4.30. The lowest BCUT2D eigenvalue weighted by Crippen LogP contribution is -2.32. The van der Waals surface area contributed by atoms with Gasteiger partial charge in [0.25, 0.3) is 0 Å². The first kappa shape index (κ1) is 16.8. The number of pyridine rings is 1. The van der Waals surface area contributed by atoms with E-state index in [0.29, 0.717) is 23.2 Å². The monoisotopic (exact) mass is 366 g/mol. The number of likely N-dealkylation sites (tertiary alicyclic amines) is 1. The maximum atomic E-state index is 12.7. The SMILES string of the molecule is O=C(CSc1ccccc1)N1CCC[C@H]1c1nc(-c2ccccn2)no1. The molecule has 7 heteroatoms. The van der Waals surface area contributed by atoms with Crippen LogP contribution in [0.25, 0.3) is 11.5 Å². The number of rotatable bonds is 5. The molecule has 0 N–H and O–H groups in total. The number of nitrogens with zero attached hydrogens (tertiary/aromatic N) is 4. The summed E-state index contributed by atoms with van der Waals surface area (Å²) in [5.74, 6) is 1.44. The minimum absolute atomic E-state index is 0.0962. The van der Waals surface area contributed by atoms with Crippen LogP contribution in [0.1, 0.15) is 24.8 Å². The molecular formula is C19H18N4O2S. The van der Waals surface area contributed by atoms with Gasteiger partial charge in [-0.25, -0.2) is 0 Å². The fourth-order valence-corrected chi connectivity index (χ4v) is 3.84. The first-order valence-electron chi connectivity index (χ1n) is 8.53. The van der Waals surface area contributed by atoms with Gasteiger partial charge in [0, 0.05) is 17.6 Å². The largest absolute Gasteiger partial charge is 0.337 e. The molecule has 0 saturated carbocycles. The molecule has 1 aromatic carbocycles. The highest BCUT2D eigenvalue weighted by molar-refractivity contribution is 8.00. The first-order chi connectivity index (χ1) is 12.8. The van der Waals surface area contributed by atoms with Crippen LogP contribution >= 0.6 is 11.8 Å². The maximum absolute atomic E-state index is 12.7. The Morgan fingerprint density at radius 3 is 2.85 bits per heavy atom. The standard InChI is InChI=1S/C19H18N4O2S/c24-17(13-26-14-7-2-1-3-8-14)23-12-6-10-16(23)19-21-18(22-25-19)15-9-4-5-11-20-15/h1-5,7-9,11,16H,6,10,12-13H2/t16-/m0/s1. The van der Waals surface area contributed by atoms with Crippen molar-refractivity contribution in [3.8, 4) is 11.5 Å². The van der Waals surface area contributed by atoms with Gasteiger partial charge in [-0.05, 0) is 37.1 Å². The van der Waals surface area contributed by atoms with Gasteiger partial charge in [0.05, 0.1) is 5.75 Å². The Hall–Kier alpha value is -2.67. The predicted molar refractivity (Wildman–Crippen MR) is 98.4 cm³/mol. The van der Waals surface area contributed by atoms with Crippen LogP contribution in [0.2, 0.25) is 0 Å². The summed E-state index contributed by atoms with van der Waals surface area (Å²) in [5.41, 5.74) is 0.665. The summed E-state index contributed by atoms with van der Waals surface area (Å²) < 4.78 is 5.44. The molecule has 3 heterocycles. The molecule has 1 fully saturated rings. The first-order valence-corrected chi connectivity index (χ1v) is 9.52. The molecule has 0 unspecified atom stereocenters. The molecule has 1 aliphatic heterocycles. The summed E-state index contributed by atoms with van der Waals surface area (Å²) in [5, 5.41) is 4.03. The zero-order valence-electron chi connectivity index (χ0n) is 14.1. The summed E-state index contributed by atoms with van der Waals surface area (Å²) in [6, 6.07) is 15.3. The van der Waals surface area contributed by atoms with Gasteiger partial charge in [0.2, 0.25) is 17.6 Å². The third-order valence-corrected chi connectivity index (χ3v) is 5.30. The predicted octanol–water partition coefficient (Wildman–Crippen LogP) is 3.59. The smallest absolute Gasteiger partial charge is 0.249 e. The van der Waals surface area contributed by atoms with E-state index in [4.69, 9.17) is 4.52 Å². The number of aromatic nitrogens is 3. The van der Waals surface area contributed by atoms with Crippen molar-refractivity contribution in [3.63, 3.8) is 0 Å². The Morgan fingerprint density at radius 1 is 1.19 bits per heavy atom. The van der Waals surface area contributed by atoms with Gasteiger partial charge in [0.1, 0.15) is 11.7 Å². The molecule has 0 radical (unpaired) electrons. The molecular weight excluding hydrogens is 348 g/mol. The number of hydrogen-bond acceptors (Lipinski definition) is 6. The molecule has 0 aliphatic carbocycles. The van der Waals surface area contributed by atoms with Gasteiger partial charge in [0.15, 0.2) is 0 Å². The van der Waals surface area contributed by atoms with Gasteiger partial charge < -0.3 is 9.42 Å². The van der Waals surface area contributed by atoms with E-state index in [1.165, 1.54) is 0 Å². The second-order valence-corrected chi connectivity index (χ2v) is 7.07. The molecule has 1 saturated heterocycles. The number of amides is 1. The molecule has 132 valence electrons. The Balaban J connectivity index is 1.45. The Kier molecular flexibility index (Phi) is 4.97. The zero-order valence-corrected chi connectivity index (χ0v) is 14.9. The van der Waals surface area contributed by atoms with Crippen LogP contribution in [0.3, 0.4) is 0 Å². The highest BCUT2D eigenvalue weighted by Crippen LogP contribution is 2.32. The van der Waals surface area contributed by atoms with Crippen LogP contribution in [0.15, 0.2) is 64.1 Å². The number of thioether (sulfide) groups is 1. The second-order valence-electron chi connectivity index (χ2n) is 6.02. The van der Waals surface area contributed by atoms with Crippen molar-refractivity contribution in [1.82, 2.24) is 20.0 Å². The summed E-state index contributed by atoms with van der Waals surface area (Å²) in [6.07, 6.45) is 3.47. The summed E-state index contributed by atoms with van der Waals surface area (Å²) in [4.78, 5) is 24.3. The van der Waals surface area contributed by atoms with Gasteiger partial charge in [-0.1, -0.05) is 29.4 Å². The lowest BCUT2D eigenvalue weighted by molar-refractivity contribution is -0.129. The molecule has 26 heavy (non-hydrogen) atoms. The third kappa shape index (κ3) is 3.62. The molecule has 1 aliphatic rings. The van der Waals surface area contributed by atoms with E-state index in [0.717, 1.165) is 24.3 Å². The molecule has 3 aromatic rings. The van der Waals surface area contributed by atoms with Gasteiger partial charge in [-0.3, -0.25) is 9.78 Å². The van der Waals surface area contributed by atoms with Crippen molar-refractivity contribution < 1.29 is 9.32 Å². The van der Waals surface area contributed by atoms with Crippen molar-refractivity contribution in [2.75, 3.05) is 12.3 Å². The molecule has 1 amide bonds. The van der Waals surface area contributed by atoms with Crippen molar-refractivity contribution in [2.45, 2.75) is 23.8 Å². The van der Waals surface area contributed by atoms with Crippen molar-refractivity contribution >= 4 is 17.7 Å². The van der Waals surface area contributed by atoms with Crippen molar-refractivity contribution in [1.29, 1.82) is 0 Å². The van der Waals surface area contributed by atoms with Crippen LogP contribution in [-0.4, -0.2) is 38.2 Å². The van der Waals surface area contributed by atoms with E-state index < -0.39 is 0 Å². The second kappa shape index (κ2) is 7.70. The molecule has 4 rings (SSSR count). The van der Waals surface area contributed by atoms with Gasteiger partial charge in [-0.15, -0.1) is 11.8 Å². The molecule has 0 spiro atoms.